The molecule has 3 rings (SSSR count). The van der Waals surface area contributed by atoms with E-state index in [2.05, 4.69) is 32.3 Å². The molecule has 1 aromatic heterocycles. The molecule has 0 saturated heterocycles. The van der Waals surface area contributed by atoms with Crippen molar-refractivity contribution >= 4 is 49.9 Å². The summed E-state index contributed by atoms with van der Waals surface area (Å²) in [5.74, 6) is -1.07. The monoisotopic (exact) mass is 530 g/mol. The number of hydrogen-bond acceptors (Lipinski definition) is 3. The highest BCUT2D eigenvalue weighted by molar-refractivity contribution is 9.10. The summed E-state index contributed by atoms with van der Waals surface area (Å²) in [4.78, 5) is 13.3. The highest BCUT2D eigenvalue weighted by Crippen LogP contribution is 2.37. The number of hydrogen-bond donors (Lipinski definition) is 0. The maximum absolute atomic E-state index is 14.0. The molecule has 0 saturated carbocycles. The summed E-state index contributed by atoms with van der Waals surface area (Å²) < 4.78 is 60.8. The molecule has 1 heterocycles. The molecule has 32 heavy (non-hydrogen) atoms. The van der Waals surface area contributed by atoms with Crippen molar-refractivity contribution in [2.75, 3.05) is 7.11 Å². The van der Waals surface area contributed by atoms with Gasteiger partial charge in [-0.2, -0.15) is 23.0 Å². The van der Waals surface area contributed by atoms with Crippen molar-refractivity contribution in [2.24, 2.45) is 0 Å². The van der Waals surface area contributed by atoms with Crippen LogP contribution in [0.2, 0.25) is 5.02 Å². The molecule has 0 amide bonds. The molecule has 0 fully saturated rings. The van der Waals surface area contributed by atoms with E-state index in [-0.39, 0.29) is 22.7 Å². The van der Waals surface area contributed by atoms with Crippen LogP contribution in [0.25, 0.3) is 16.5 Å². The first kappa shape index (κ1) is 24.2. The van der Waals surface area contributed by atoms with Crippen molar-refractivity contribution < 1.29 is 27.1 Å². The van der Waals surface area contributed by atoms with Crippen molar-refractivity contribution in [3.05, 3.63) is 81.4 Å². The first-order valence-corrected chi connectivity index (χ1v) is 10.3. The Balaban J connectivity index is 2.28. The van der Waals surface area contributed by atoms with Crippen LogP contribution in [0.1, 0.15) is 28.0 Å². The number of methoxy groups -OCH3 is 1. The fourth-order valence-electron chi connectivity index (χ4n) is 3.21. The Morgan fingerprint density at radius 2 is 2.06 bits per heavy atom. The summed E-state index contributed by atoms with van der Waals surface area (Å²) in [6.07, 6.45) is -3.76. The maximum Gasteiger partial charge on any atom is 0.417 e. The molecule has 10 heteroatoms. The van der Waals surface area contributed by atoms with E-state index in [4.69, 9.17) is 11.6 Å². The zero-order valence-corrected chi connectivity index (χ0v) is 18.9. The Morgan fingerprint density at radius 1 is 1.34 bits per heavy atom. The smallest absolute Gasteiger partial charge is 0.351 e. The fourth-order valence-corrected chi connectivity index (χ4v) is 3.81. The van der Waals surface area contributed by atoms with Crippen molar-refractivity contribution in [3.63, 3.8) is 0 Å². The van der Waals surface area contributed by atoms with Crippen LogP contribution in [0.4, 0.5) is 17.6 Å². The molecular weight excluding hydrogens is 516 g/mol. The lowest BCUT2D eigenvalue weighted by Crippen LogP contribution is -2.20. The summed E-state index contributed by atoms with van der Waals surface area (Å²) >= 11 is 9.30. The van der Waals surface area contributed by atoms with Gasteiger partial charge in [0.05, 0.1) is 27.4 Å². The molecule has 1 atom stereocenters. The number of ether oxygens (including phenoxy) is 1. The van der Waals surface area contributed by atoms with Crippen LogP contribution in [0.15, 0.2) is 59.6 Å². The van der Waals surface area contributed by atoms with E-state index in [9.17, 15) is 22.4 Å². The standard InChI is InChI=1S/C22H16BrClF4N2O2/c1-3-5-12(10-18(25)32-2)20-14-9-8-13(23)11-17(14)30(29-20)21(31)19-15(22(26,27)28)6-4-7-16(19)24/h3-9,11,18H,1,10H2,2H3/b12-5+. The lowest BCUT2D eigenvalue weighted by molar-refractivity contribution is -0.137. The van der Waals surface area contributed by atoms with Crippen molar-refractivity contribution in [1.29, 1.82) is 0 Å². The average molecular weight is 532 g/mol. The molecule has 2 aromatic carbocycles. The van der Waals surface area contributed by atoms with E-state index in [0.29, 0.717) is 15.4 Å². The summed E-state index contributed by atoms with van der Waals surface area (Å²) in [6, 6.07) is 7.91. The van der Waals surface area contributed by atoms with Crippen LogP contribution in [0, 0.1) is 0 Å². The molecule has 3 aromatic rings. The summed E-state index contributed by atoms with van der Waals surface area (Å²) in [6.45, 7) is 3.60. The zero-order chi connectivity index (χ0) is 23.6. The molecule has 0 aliphatic rings. The number of carbonyl (C=O) groups excluding carboxylic acids is 1. The second kappa shape index (κ2) is 9.56. The second-order valence-electron chi connectivity index (χ2n) is 6.66. The minimum atomic E-state index is -4.81. The second-order valence-corrected chi connectivity index (χ2v) is 7.99. The normalized spacial score (nSPS) is 13.4. The van der Waals surface area contributed by atoms with Crippen molar-refractivity contribution in [1.82, 2.24) is 9.78 Å². The third-order valence-corrected chi connectivity index (χ3v) is 5.44. The zero-order valence-electron chi connectivity index (χ0n) is 16.6. The minimum Gasteiger partial charge on any atom is -0.351 e. The largest absolute Gasteiger partial charge is 0.417 e. The Bertz CT molecular complexity index is 1220. The molecular formula is C22H16BrClF4N2O2. The van der Waals surface area contributed by atoms with Gasteiger partial charge in [0.25, 0.3) is 5.91 Å². The van der Waals surface area contributed by atoms with Gasteiger partial charge in [0.15, 0.2) is 0 Å². The third-order valence-electron chi connectivity index (χ3n) is 4.63. The van der Waals surface area contributed by atoms with Gasteiger partial charge in [0.2, 0.25) is 6.36 Å². The average Bonchev–Trinajstić information content (AvgIpc) is 3.10. The van der Waals surface area contributed by atoms with Crippen LogP contribution in [0.3, 0.4) is 0 Å². The van der Waals surface area contributed by atoms with Crippen LogP contribution >= 0.6 is 27.5 Å². The maximum atomic E-state index is 14.0. The van der Waals surface area contributed by atoms with Gasteiger partial charge in [-0.25, -0.2) is 4.39 Å². The van der Waals surface area contributed by atoms with Gasteiger partial charge >= 0.3 is 6.18 Å². The topological polar surface area (TPSA) is 44.1 Å². The van der Waals surface area contributed by atoms with Gasteiger partial charge in [-0.3, -0.25) is 4.79 Å². The predicted molar refractivity (Wildman–Crippen MR) is 118 cm³/mol. The van der Waals surface area contributed by atoms with Crippen LogP contribution < -0.4 is 0 Å². The highest BCUT2D eigenvalue weighted by atomic mass is 79.9. The van der Waals surface area contributed by atoms with E-state index >= 15 is 0 Å². The molecule has 1 unspecified atom stereocenters. The van der Waals surface area contributed by atoms with Crippen LogP contribution in [-0.2, 0) is 10.9 Å². The van der Waals surface area contributed by atoms with Crippen LogP contribution in [-0.4, -0.2) is 29.2 Å². The van der Waals surface area contributed by atoms with Gasteiger partial charge in [0, 0.05) is 23.4 Å². The molecule has 0 aliphatic heterocycles. The number of carbonyl (C=O) groups is 1. The minimum absolute atomic E-state index is 0.209. The van der Waals surface area contributed by atoms with E-state index in [1.165, 1.54) is 31.4 Å². The Hall–Kier alpha value is -2.49. The van der Waals surface area contributed by atoms with Gasteiger partial charge in [-0.15, -0.1) is 0 Å². The summed E-state index contributed by atoms with van der Waals surface area (Å²) in [5.41, 5.74) is -1.13. The first-order chi connectivity index (χ1) is 15.1. The van der Waals surface area contributed by atoms with E-state index in [1.807, 2.05) is 0 Å². The number of fused-ring (bicyclic) bond motifs is 1. The number of allylic oxidation sites excluding steroid dienone is 2. The molecule has 4 nitrogen and oxygen atoms in total. The number of aromatic nitrogens is 2. The molecule has 0 bridgehead atoms. The van der Waals surface area contributed by atoms with E-state index in [1.54, 1.807) is 12.1 Å². The van der Waals surface area contributed by atoms with Gasteiger partial charge in [-0.1, -0.05) is 52.3 Å². The molecule has 0 aliphatic carbocycles. The Morgan fingerprint density at radius 3 is 2.69 bits per heavy atom. The fraction of sp³-hybridized carbons (Fsp3) is 0.182. The van der Waals surface area contributed by atoms with E-state index in [0.717, 1.165) is 16.8 Å². The van der Waals surface area contributed by atoms with Gasteiger partial charge in [0.1, 0.15) is 0 Å². The number of benzene rings is 2. The third kappa shape index (κ3) is 4.79. The van der Waals surface area contributed by atoms with Crippen molar-refractivity contribution in [3.8, 4) is 0 Å². The molecule has 0 radical (unpaired) electrons. The lowest BCUT2D eigenvalue weighted by Gasteiger charge is -2.13. The van der Waals surface area contributed by atoms with E-state index < -0.39 is 29.6 Å². The highest BCUT2D eigenvalue weighted by Gasteiger charge is 2.37. The Labute approximate surface area is 194 Å². The summed E-state index contributed by atoms with van der Waals surface area (Å²) in [7, 11) is 1.20. The number of rotatable bonds is 6. The quantitative estimate of drug-likeness (QED) is 0.253. The van der Waals surface area contributed by atoms with Gasteiger partial charge < -0.3 is 4.74 Å². The molecule has 0 N–H and O–H groups in total. The van der Waals surface area contributed by atoms with Crippen LogP contribution in [0.5, 0.6) is 0 Å². The van der Waals surface area contributed by atoms with Crippen molar-refractivity contribution in [2.45, 2.75) is 19.0 Å². The lowest BCUT2D eigenvalue weighted by atomic mass is 10.0. The number of alkyl halides is 4. The van der Waals surface area contributed by atoms with Gasteiger partial charge in [-0.05, 0) is 35.9 Å². The SMILES string of the molecule is C=C/C=C(\CC(F)OC)c1nn(C(=O)c2c(Cl)cccc2C(F)(F)F)c2cc(Br)ccc12. The Kier molecular flexibility index (Phi) is 7.22. The predicted octanol–water partition coefficient (Wildman–Crippen LogP) is 7.06. The number of halogens is 6. The molecule has 0 spiro atoms. The first-order valence-electron chi connectivity index (χ1n) is 9.16. The summed E-state index contributed by atoms with van der Waals surface area (Å²) in [5, 5.41) is 4.32. The molecule has 168 valence electrons. The number of nitrogens with zero attached hydrogens (tertiary/aromatic N) is 2.